The zero-order chi connectivity index (χ0) is 22.9. The van der Waals surface area contributed by atoms with Crippen LogP contribution in [-0.4, -0.2) is 30.4 Å². The fraction of sp³-hybridized carbons (Fsp3) is 0.318. The molecule has 6 nitrogen and oxygen atoms in total. The van der Waals surface area contributed by atoms with E-state index >= 15 is 0 Å². The third-order valence-electron chi connectivity index (χ3n) is 4.15. The number of halogens is 3. The van der Waals surface area contributed by atoms with E-state index in [1.807, 2.05) is 0 Å². The average molecular weight is 439 g/mol. The van der Waals surface area contributed by atoms with Gasteiger partial charge in [-0.25, -0.2) is 4.79 Å². The van der Waals surface area contributed by atoms with Gasteiger partial charge >= 0.3 is 12.1 Å². The quantitative estimate of drug-likeness (QED) is 0.392. The van der Waals surface area contributed by atoms with Gasteiger partial charge in [-0.3, -0.25) is 10.3 Å². The molecule has 0 spiro atoms. The molecule has 31 heavy (non-hydrogen) atoms. The average Bonchev–Trinajstić information content (AvgIpc) is 2.74. The van der Waals surface area contributed by atoms with E-state index in [9.17, 15) is 18.0 Å². The Morgan fingerprint density at radius 3 is 2.23 bits per heavy atom. The third kappa shape index (κ3) is 7.62. The minimum absolute atomic E-state index is 0.210. The molecule has 1 atom stereocenters. The molecule has 0 saturated heterocycles. The summed E-state index contributed by atoms with van der Waals surface area (Å²) in [6, 6.07) is 11.3. The molecule has 2 aromatic rings. The van der Waals surface area contributed by atoms with Crippen LogP contribution in [0.1, 0.15) is 30.5 Å². The predicted molar refractivity (Wildman–Crippen MR) is 108 cm³/mol. The van der Waals surface area contributed by atoms with Crippen molar-refractivity contribution in [2.24, 2.45) is 0 Å². The van der Waals surface area contributed by atoms with Crippen LogP contribution < -0.4 is 10.2 Å². The summed E-state index contributed by atoms with van der Waals surface area (Å²) < 4.78 is 49.1. The number of nitrogens with one attached hydrogen (secondary N) is 1. The van der Waals surface area contributed by atoms with E-state index < -0.39 is 23.8 Å². The molecule has 2 aromatic carbocycles. The number of ether oxygens (including phenoxy) is 2. The second-order valence-electron chi connectivity index (χ2n) is 6.39. The second kappa shape index (κ2) is 11.4. The Balaban J connectivity index is 2.12. The molecule has 0 bridgehead atoms. The molecule has 168 valence electrons. The summed E-state index contributed by atoms with van der Waals surface area (Å²) >= 11 is 0. The Kier molecular flexibility index (Phi) is 8.89. The number of carboxylic acids is 1. The van der Waals surface area contributed by atoms with E-state index in [-0.39, 0.29) is 6.42 Å². The molecule has 0 radical (unpaired) electrons. The third-order valence-corrected chi connectivity index (χ3v) is 4.15. The number of hydrogen-bond donors (Lipinski definition) is 2. The van der Waals surface area contributed by atoms with Crippen molar-refractivity contribution in [1.29, 1.82) is 0 Å². The molecule has 0 saturated carbocycles. The zero-order valence-electron chi connectivity index (χ0n) is 17.1. The normalized spacial score (nSPS) is 13.0. The van der Waals surface area contributed by atoms with Crippen LogP contribution in [0.25, 0.3) is 5.70 Å². The Labute approximate surface area is 178 Å². The summed E-state index contributed by atoms with van der Waals surface area (Å²) in [7, 11) is 0. The van der Waals surface area contributed by atoms with Crippen LogP contribution in [0.2, 0.25) is 0 Å². The van der Waals surface area contributed by atoms with Gasteiger partial charge in [-0.1, -0.05) is 24.3 Å². The minimum Gasteiger partial charge on any atom is -0.479 e. The Morgan fingerprint density at radius 2 is 1.71 bits per heavy atom. The van der Waals surface area contributed by atoms with E-state index in [4.69, 9.17) is 19.4 Å². The van der Waals surface area contributed by atoms with Crippen LogP contribution in [0.5, 0.6) is 5.75 Å². The van der Waals surface area contributed by atoms with Crippen LogP contribution in [-0.2, 0) is 27.0 Å². The SMILES string of the molecule is CCONC(=COc1ccc(CC(OCC)C(=O)O)cc1)c1ccc(C(F)(F)F)cc1. The molecule has 0 aliphatic heterocycles. The number of rotatable bonds is 11. The van der Waals surface area contributed by atoms with Crippen molar-refractivity contribution in [2.45, 2.75) is 32.5 Å². The fourth-order valence-electron chi connectivity index (χ4n) is 2.60. The number of carboxylic acid groups (broad SMARTS) is 1. The van der Waals surface area contributed by atoms with Crippen molar-refractivity contribution in [2.75, 3.05) is 13.2 Å². The van der Waals surface area contributed by atoms with Gasteiger partial charge in [0.2, 0.25) is 0 Å². The summed E-state index contributed by atoms with van der Waals surface area (Å²) in [5, 5.41) is 9.17. The van der Waals surface area contributed by atoms with Crippen molar-refractivity contribution in [3.63, 3.8) is 0 Å². The van der Waals surface area contributed by atoms with Gasteiger partial charge in [0.25, 0.3) is 0 Å². The monoisotopic (exact) mass is 439 g/mol. The number of carbonyl (C=O) groups is 1. The number of hydroxylamine groups is 1. The molecule has 0 heterocycles. The van der Waals surface area contributed by atoms with E-state index in [0.29, 0.717) is 30.2 Å². The highest BCUT2D eigenvalue weighted by Gasteiger charge is 2.30. The van der Waals surface area contributed by atoms with Gasteiger partial charge in [0.05, 0.1) is 12.2 Å². The zero-order valence-corrected chi connectivity index (χ0v) is 17.1. The maximum Gasteiger partial charge on any atom is 0.416 e. The van der Waals surface area contributed by atoms with Crippen LogP contribution in [0.3, 0.4) is 0 Å². The van der Waals surface area contributed by atoms with E-state index in [2.05, 4.69) is 5.48 Å². The largest absolute Gasteiger partial charge is 0.479 e. The lowest BCUT2D eigenvalue weighted by Crippen LogP contribution is -2.26. The summed E-state index contributed by atoms with van der Waals surface area (Å²) in [6.07, 6.45) is -3.82. The molecular weight excluding hydrogens is 415 g/mol. The number of aliphatic carboxylic acids is 1. The first kappa shape index (κ1) is 24.2. The van der Waals surface area contributed by atoms with E-state index in [1.165, 1.54) is 18.4 Å². The maximum atomic E-state index is 12.8. The fourth-order valence-corrected chi connectivity index (χ4v) is 2.60. The Hall–Kier alpha value is -3.04. The molecule has 2 N–H and O–H groups in total. The van der Waals surface area contributed by atoms with Crippen LogP contribution in [0, 0.1) is 0 Å². The molecule has 0 fully saturated rings. The molecule has 0 aromatic heterocycles. The highest BCUT2D eigenvalue weighted by Crippen LogP contribution is 2.30. The lowest BCUT2D eigenvalue weighted by Gasteiger charge is -2.13. The van der Waals surface area contributed by atoms with Crippen molar-refractivity contribution >= 4 is 11.7 Å². The minimum atomic E-state index is -4.42. The Morgan fingerprint density at radius 1 is 1.06 bits per heavy atom. The van der Waals surface area contributed by atoms with Gasteiger partial charge in [0.15, 0.2) is 6.10 Å². The summed E-state index contributed by atoms with van der Waals surface area (Å²) in [6.45, 7) is 4.10. The standard InChI is InChI=1S/C22H24F3NO5/c1-3-29-20(21(27)28)13-15-5-11-18(12-6-15)30-14-19(26-31-4-2)16-7-9-17(10-8-16)22(23,24)25/h5-12,14,20,26H,3-4,13H2,1-2H3,(H,27,28). The first-order valence-corrected chi connectivity index (χ1v) is 9.60. The van der Waals surface area contributed by atoms with Gasteiger partial charge in [0, 0.05) is 18.6 Å². The second-order valence-corrected chi connectivity index (χ2v) is 6.39. The van der Waals surface area contributed by atoms with Gasteiger partial charge in [-0.15, -0.1) is 0 Å². The van der Waals surface area contributed by atoms with Gasteiger partial charge in [0.1, 0.15) is 17.7 Å². The molecule has 0 aliphatic carbocycles. The highest BCUT2D eigenvalue weighted by molar-refractivity contribution is 5.72. The predicted octanol–water partition coefficient (Wildman–Crippen LogP) is 4.66. The van der Waals surface area contributed by atoms with Crippen molar-refractivity contribution < 1.29 is 37.4 Å². The van der Waals surface area contributed by atoms with Gasteiger partial charge in [-0.2, -0.15) is 13.2 Å². The molecule has 9 heteroatoms. The number of alkyl halides is 3. The van der Waals surface area contributed by atoms with Gasteiger partial charge < -0.3 is 14.6 Å². The van der Waals surface area contributed by atoms with Crippen molar-refractivity contribution in [1.82, 2.24) is 5.48 Å². The maximum absolute atomic E-state index is 12.8. The van der Waals surface area contributed by atoms with E-state index in [0.717, 1.165) is 17.7 Å². The topological polar surface area (TPSA) is 77.0 Å². The summed E-state index contributed by atoms with van der Waals surface area (Å²) in [5.41, 5.74) is 3.43. The molecular formula is C22H24F3NO5. The molecule has 2 rings (SSSR count). The molecule has 0 aliphatic rings. The Bertz CT molecular complexity index is 864. The van der Waals surface area contributed by atoms with Crippen LogP contribution in [0.15, 0.2) is 54.8 Å². The lowest BCUT2D eigenvalue weighted by molar-refractivity contribution is -0.150. The number of benzene rings is 2. The van der Waals surface area contributed by atoms with Gasteiger partial charge in [-0.05, 0) is 43.7 Å². The first-order valence-electron chi connectivity index (χ1n) is 9.60. The van der Waals surface area contributed by atoms with Crippen LogP contribution in [0.4, 0.5) is 13.2 Å². The molecule has 1 unspecified atom stereocenters. The lowest BCUT2D eigenvalue weighted by atomic mass is 10.1. The number of hydrogen-bond acceptors (Lipinski definition) is 5. The summed E-state index contributed by atoms with van der Waals surface area (Å²) in [5.74, 6) is -0.581. The smallest absolute Gasteiger partial charge is 0.416 e. The van der Waals surface area contributed by atoms with Crippen LogP contribution >= 0.6 is 0 Å². The summed E-state index contributed by atoms with van der Waals surface area (Å²) in [4.78, 5) is 16.4. The molecule has 0 amide bonds. The van der Waals surface area contributed by atoms with E-state index in [1.54, 1.807) is 38.1 Å². The van der Waals surface area contributed by atoms with Crippen molar-refractivity contribution in [3.8, 4) is 5.75 Å². The first-order chi connectivity index (χ1) is 14.7. The van der Waals surface area contributed by atoms with Crippen molar-refractivity contribution in [3.05, 3.63) is 71.5 Å². The highest BCUT2D eigenvalue weighted by atomic mass is 19.4.